The Kier molecular flexibility index (Phi) is 12.0. The van der Waals surface area contributed by atoms with E-state index in [1.807, 2.05) is 103 Å². The van der Waals surface area contributed by atoms with Crippen molar-refractivity contribution in [1.29, 1.82) is 0 Å². The molecule has 4 N–H and O–H groups in total. The number of nitrogens with one attached hydrogen (secondary N) is 3. The van der Waals surface area contributed by atoms with E-state index < -0.39 is 6.29 Å². The number of carbonyl (C=O) groups is 2. The lowest BCUT2D eigenvalue weighted by molar-refractivity contribution is -0.245. The van der Waals surface area contributed by atoms with Crippen LogP contribution in [0.2, 0.25) is 0 Å². The largest absolute Gasteiger partial charge is 0.392 e. The number of benzene rings is 5. The first kappa shape index (κ1) is 34.9. The van der Waals surface area contributed by atoms with Gasteiger partial charge in [0, 0.05) is 48.3 Å². The monoisotopic (exact) mass is 687 g/mol. The molecular formula is C41H41N3O5S. The third-order valence-electron chi connectivity index (χ3n) is 8.39. The Hall–Kier alpha value is -4.93. The molecule has 5 aromatic rings. The SMILES string of the molecule is CC(=O)Nc1ccc(SC[C@@H]2C[C@H](c3ccc(CO)cc3)O[C@H](c3cccc(-c4cccc(CNC(=O)NCc5ccccc5)c4)c3)O2)cc1. The number of carbonyl (C=O) groups excluding carboxylic acids is 2. The fourth-order valence-corrected chi connectivity index (χ4v) is 6.72. The second kappa shape index (κ2) is 17.1. The van der Waals surface area contributed by atoms with E-state index >= 15 is 0 Å². The molecule has 0 bridgehead atoms. The van der Waals surface area contributed by atoms with Crippen LogP contribution < -0.4 is 16.0 Å². The third-order valence-corrected chi connectivity index (χ3v) is 9.54. The van der Waals surface area contributed by atoms with Gasteiger partial charge in [-0.15, -0.1) is 11.8 Å². The molecule has 3 atom stereocenters. The molecule has 0 radical (unpaired) electrons. The van der Waals surface area contributed by atoms with Gasteiger partial charge in [0.15, 0.2) is 6.29 Å². The maximum Gasteiger partial charge on any atom is 0.315 e. The number of aliphatic hydroxyl groups is 1. The van der Waals surface area contributed by atoms with Gasteiger partial charge >= 0.3 is 6.03 Å². The van der Waals surface area contributed by atoms with Crippen LogP contribution in [0.4, 0.5) is 10.5 Å². The van der Waals surface area contributed by atoms with Crippen molar-refractivity contribution in [2.45, 2.75) is 56.4 Å². The number of urea groups is 1. The van der Waals surface area contributed by atoms with Gasteiger partial charge < -0.3 is 30.5 Å². The van der Waals surface area contributed by atoms with Crippen molar-refractivity contribution in [2.24, 2.45) is 0 Å². The zero-order chi connectivity index (χ0) is 34.7. The van der Waals surface area contributed by atoms with E-state index in [0.29, 0.717) is 19.5 Å². The molecule has 9 heteroatoms. The van der Waals surface area contributed by atoms with Crippen molar-refractivity contribution in [3.8, 4) is 11.1 Å². The Labute approximate surface area is 297 Å². The highest BCUT2D eigenvalue weighted by Crippen LogP contribution is 2.40. The van der Waals surface area contributed by atoms with Gasteiger partial charge in [-0.3, -0.25) is 4.79 Å². The average Bonchev–Trinajstić information content (AvgIpc) is 3.16. The van der Waals surface area contributed by atoms with Gasteiger partial charge in [0.1, 0.15) is 0 Å². The topological polar surface area (TPSA) is 109 Å². The summed E-state index contributed by atoms with van der Waals surface area (Å²) in [6.07, 6.45) is -0.195. The number of amides is 3. The fourth-order valence-electron chi connectivity index (χ4n) is 5.80. The van der Waals surface area contributed by atoms with E-state index in [0.717, 1.165) is 55.3 Å². The van der Waals surface area contributed by atoms with Crippen molar-refractivity contribution in [3.05, 3.63) is 155 Å². The molecule has 1 fully saturated rings. The van der Waals surface area contributed by atoms with E-state index in [2.05, 4.69) is 40.2 Å². The van der Waals surface area contributed by atoms with Crippen LogP contribution in [0.25, 0.3) is 11.1 Å². The van der Waals surface area contributed by atoms with Crippen LogP contribution in [0.5, 0.6) is 0 Å². The Morgan fingerprint density at radius 3 is 2.12 bits per heavy atom. The molecule has 1 aliphatic heterocycles. The van der Waals surface area contributed by atoms with Crippen LogP contribution in [0, 0.1) is 0 Å². The lowest BCUT2D eigenvalue weighted by atomic mass is 9.99. The van der Waals surface area contributed by atoms with Crippen molar-refractivity contribution in [3.63, 3.8) is 0 Å². The molecule has 256 valence electrons. The predicted molar refractivity (Wildman–Crippen MR) is 197 cm³/mol. The Morgan fingerprint density at radius 1 is 0.720 bits per heavy atom. The minimum Gasteiger partial charge on any atom is -0.392 e. The summed E-state index contributed by atoms with van der Waals surface area (Å²) < 4.78 is 13.2. The quantitative estimate of drug-likeness (QED) is 0.0987. The van der Waals surface area contributed by atoms with Crippen LogP contribution in [0.15, 0.2) is 132 Å². The molecular weight excluding hydrogens is 647 g/mol. The van der Waals surface area contributed by atoms with Crippen LogP contribution >= 0.6 is 11.8 Å². The summed E-state index contributed by atoms with van der Waals surface area (Å²) in [5, 5.41) is 18.2. The summed E-state index contributed by atoms with van der Waals surface area (Å²) in [6.45, 7) is 2.35. The molecule has 0 unspecified atom stereocenters. The molecule has 50 heavy (non-hydrogen) atoms. The maximum atomic E-state index is 12.5. The Bertz CT molecular complexity index is 1870. The van der Waals surface area contributed by atoms with Crippen LogP contribution in [0.1, 0.15) is 53.6 Å². The van der Waals surface area contributed by atoms with Gasteiger partial charge in [-0.1, -0.05) is 91.0 Å². The molecule has 1 heterocycles. The van der Waals surface area contributed by atoms with E-state index in [1.54, 1.807) is 11.8 Å². The van der Waals surface area contributed by atoms with E-state index in [-0.39, 0.29) is 30.8 Å². The first-order chi connectivity index (χ1) is 24.4. The molecule has 0 aliphatic carbocycles. The second-order valence-electron chi connectivity index (χ2n) is 12.2. The minimum absolute atomic E-state index is 0.0109. The molecule has 6 rings (SSSR count). The standard InChI is InChI=1S/C41H41N3O5S/c1-28(46)44-36-17-19-38(20-18-36)50-27-37-23-39(32-15-13-30(26-45)14-16-32)49-40(48-37)35-12-6-11-34(22-35)33-10-5-9-31(21-33)25-43-41(47)42-24-29-7-3-2-4-8-29/h2-22,37,39-40,45H,23-27H2,1H3,(H,44,46)(H2,42,43,47)/t37-,39+,40+/m0/s1. The number of anilines is 1. The van der Waals surface area contributed by atoms with E-state index in [4.69, 9.17) is 9.47 Å². The molecule has 5 aromatic carbocycles. The summed E-state index contributed by atoms with van der Waals surface area (Å²) in [6, 6.07) is 41.6. The van der Waals surface area contributed by atoms with Gasteiger partial charge in [-0.25, -0.2) is 4.79 Å². The van der Waals surface area contributed by atoms with Crippen LogP contribution in [0.3, 0.4) is 0 Å². The fraction of sp³-hybridized carbons (Fsp3) is 0.220. The molecule has 0 spiro atoms. The highest BCUT2D eigenvalue weighted by atomic mass is 32.2. The van der Waals surface area contributed by atoms with Gasteiger partial charge in [0.2, 0.25) is 5.91 Å². The maximum absolute atomic E-state index is 12.5. The molecule has 8 nitrogen and oxygen atoms in total. The molecule has 1 saturated heterocycles. The second-order valence-corrected chi connectivity index (χ2v) is 13.3. The average molecular weight is 688 g/mol. The van der Waals surface area contributed by atoms with Crippen LogP contribution in [-0.2, 0) is 34.0 Å². The lowest BCUT2D eigenvalue weighted by Gasteiger charge is -2.36. The van der Waals surface area contributed by atoms with Gasteiger partial charge in [-0.05, 0) is 69.8 Å². The summed E-state index contributed by atoms with van der Waals surface area (Å²) in [7, 11) is 0. The molecule has 0 aromatic heterocycles. The van der Waals surface area contributed by atoms with Gasteiger partial charge in [0.25, 0.3) is 0 Å². The van der Waals surface area contributed by atoms with Gasteiger partial charge in [-0.2, -0.15) is 0 Å². The number of hydrogen-bond acceptors (Lipinski definition) is 6. The summed E-state index contributed by atoms with van der Waals surface area (Å²) >= 11 is 1.70. The number of rotatable bonds is 12. The van der Waals surface area contributed by atoms with Crippen molar-refractivity contribution >= 4 is 29.4 Å². The van der Waals surface area contributed by atoms with E-state index in [1.165, 1.54) is 6.92 Å². The number of aliphatic hydroxyl groups excluding tert-OH is 1. The number of thioether (sulfide) groups is 1. The normalized spacial score (nSPS) is 17.1. The van der Waals surface area contributed by atoms with Gasteiger partial charge in [0.05, 0.1) is 18.8 Å². The highest BCUT2D eigenvalue weighted by Gasteiger charge is 2.32. The predicted octanol–water partition coefficient (Wildman–Crippen LogP) is 8.14. The first-order valence-corrected chi connectivity index (χ1v) is 17.7. The minimum atomic E-state index is -0.586. The molecule has 3 amide bonds. The molecule has 1 aliphatic rings. The van der Waals surface area contributed by atoms with Crippen molar-refractivity contribution in [1.82, 2.24) is 10.6 Å². The summed E-state index contributed by atoms with van der Waals surface area (Å²) in [5.41, 5.74) is 7.64. The van der Waals surface area contributed by atoms with E-state index in [9.17, 15) is 14.7 Å². The molecule has 0 saturated carbocycles. The number of hydrogen-bond donors (Lipinski definition) is 4. The lowest BCUT2D eigenvalue weighted by Crippen LogP contribution is -2.34. The number of ether oxygens (including phenoxy) is 2. The Morgan fingerprint density at radius 2 is 1.40 bits per heavy atom. The first-order valence-electron chi connectivity index (χ1n) is 16.7. The van der Waals surface area contributed by atoms with Crippen molar-refractivity contribution < 1.29 is 24.2 Å². The van der Waals surface area contributed by atoms with Crippen molar-refractivity contribution in [2.75, 3.05) is 11.1 Å². The zero-order valence-electron chi connectivity index (χ0n) is 27.9. The highest BCUT2D eigenvalue weighted by molar-refractivity contribution is 7.99. The third kappa shape index (κ3) is 9.83. The zero-order valence-corrected chi connectivity index (χ0v) is 28.7. The smallest absolute Gasteiger partial charge is 0.315 e. The van der Waals surface area contributed by atoms with Crippen LogP contribution in [-0.4, -0.2) is 28.9 Å². The summed E-state index contributed by atoms with van der Waals surface area (Å²) in [5.74, 6) is 0.621. The summed E-state index contributed by atoms with van der Waals surface area (Å²) in [4.78, 5) is 24.9. The Balaban J connectivity index is 1.14.